The monoisotopic (exact) mass is 512 g/mol. The number of guanidine groups is 1. The number of halogens is 4. The van der Waals surface area contributed by atoms with Crippen molar-refractivity contribution < 1.29 is 13.2 Å². The summed E-state index contributed by atoms with van der Waals surface area (Å²) in [5.74, 6) is 1.26. The molecule has 1 aliphatic heterocycles. The Bertz CT molecular complexity index is 582. The van der Waals surface area contributed by atoms with Gasteiger partial charge < -0.3 is 10.6 Å². The van der Waals surface area contributed by atoms with Gasteiger partial charge in [0.2, 0.25) is 0 Å². The first-order valence-electron chi connectivity index (χ1n) is 9.72. The molecule has 8 heteroatoms. The summed E-state index contributed by atoms with van der Waals surface area (Å²) >= 11 is 0. The number of piperidine rings is 1. The maximum atomic E-state index is 12.4. The van der Waals surface area contributed by atoms with Crippen molar-refractivity contribution in [3.05, 3.63) is 35.4 Å². The zero-order valence-corrected chi connectivity index (χ0v) is 19.0. The number of aliphatic imine (C=N–C) groups is 1. The van der Waals surface area contributed by atoms with Crippen LogP contribution in [-0.2, 0) is 6.54 Å². The van der Waals surface area contributed by atoms with Crippen molar-refractivity contribution in [2.45, 2.75) is 45.8 Å². The second-order valence-corrected chi connectivity index (χ2v) is 7.23. The third-order valence-electron chi connectivity index (χ3n) is 4.84. The maximum absolute atomic E-state index is 12.4. The third-order valence-corrected chi connectivity index (χ3v) is 4.84. The van der Waals surface area contributed by atoms with Crippen molar-refractivity contribution in [3.63, 3.8) is 0 Å². The summed E-state index contributed by atoms with van der Waals surface area (Å²) < 4.78 is 37.3. The van der Waals surface area contributed by atoms with Crippen molar-refractivity contribution >= 4 is 29.9 Å². The molecule has 0 atom stereocenters. The van der Waals surface area contributed by atoms with Crippen LogP contribution in [-0.4, -0.2) is 49.8 Å². The van der Waals surface area contributed by atoms with Gasteiger partial charge in [0.15, 0.2) is 5.96 Å². The molecule has 2 N–H and O–H groups in total. The average molecular weight is 512 g/mol. The fraction of sp³-hybridized carbons (Fsp3) is 0.650. The molecule has 0 saturated carbocycles. The van der Waals surface area contributed by atoms with Crippen molar-refractivity contribution in [2.75, 3.05) is 32.7 Å². The van der Waals surface area contributed by atoms with E-state index in [1.54, 1.807) is 0 Å². The van der Waals surface area contributed by atoms with Gasteiger partial charge in [-0.15, -0.1) is 24.0 Å². The largest absolute Gasteiger partial charge is 0.401 e. The highest BCUT2D eigenvalue weighted by molar-refractivity contribution is 14.0. The third kappa shape index (κ3) is 9.95. The van der Waals surface area contributed by atoms with Gasteiger partial charge in [-0.1, -0.05) is 29.8 Å². The highest BCUT2D eigenvalue weighted by atomic mass is 127. The Kier molecular flexibility index (Phi) is 11.2. The predicted octanol–water partition coefficient (Wildman–Crippen LogP) is 4.33. The van der Waals surface area contributed by atoms with Gasteiger partial charge in [0, 0.05) is 13.1 Å². The molecular formula is C20H32F3IN4. The Balaban J connectivity index is 0.00000392. The number of nitrogens with zero attached hydrogens (tertiary/aromatic N) is 2. The Labute approximate surface area is 183 Å². The fourth-order valence-electron chi connectivity index (χ4n) is 3.29. The molecule has 1 aliphatic rings. The highest BCUT2D eigenvalue weighted by Gasteiger charge is 2.32. The number of hydrogen-bond acceptors (Lipinski definition) is 2. The van der Waals surface area contributed by atoms with E-state index in [0.29, 0.717) is 25.6 Å². The first-order valence-corrected chi connectivity index (χ1v) is 9.72. The van der Waals surface area contributed by atoms with Crippen LogP contribution < -0.4 is 10.6 Å². The Morgan fingerprint density at radius 1 is 1.14 bits per heavy atom. The number of alkyl halides is 3. The number of hydrogen-bond donors (Lipinski definition) is 2. The second-order valence-electron chi connectivity index (χ2n) is 7.23. The zero-order valence-electron chi connectivity index (χ0n) is 16.7. The summed E-state index contributed by atoms with van der Waals surface area (Å²) in [6, 6.07) is 8.32. The predicted molar refractivity (Wildman–Crippen MR) is 119 cm³/mol. The SMILES string of the molecule is CCNC(=NCc1ccc(C)cc1)NCCC1CCN(CC(F)(F)F)CC1.I. The molecule has 0 radical (unpaired) electrons. The molecule has 2 rings (SSSR count). The van der Waals surface area contributed by atoms with Crippen LogP contribution in [0.1, 0.15) is 37.3 Å². The van der Waals surface area contributed by atoms with E-state index >= 15 is 0 Å². The number of aryl methyl sites for hydroxylation is 1. The molecule has 4 nitrogen and oxygen atoms in total. The molecule has 1 fully saturated rings. The van der Waals surface area contributed by atoms with Gasteiger partial charge in [0.25, 0.3) is 0 Å². The highest BCUT2D eigenvalue weighted by Crippen LogP contribution is 2.23. The molecule has 1 saturated heterocycles. The molecule has 0 bridgehead atoms. The van der Waals surface area contributed by atoms with Gasteiger partial charge in [-0.05, 0) is 57.7 Å². The van der Waals surface area contributed by atoms with Gasteiger partial charge >= 0.3 is 6.18 Å². The lowest BCUT2D eigenvalue weighted by atomic mass is 9.93. The quantitative estimate of drug-likeness (QED) is 0.325. The van der Waals surface area contributed by atoms with Crippen molar-refractivity contribution in [3.8, 4) is 0 Å². The Hall–Kier alpha value is -1.03. The van der Waals surface area contributed by atoms with Gasteiger partial charge in [-0.3, -0.25) is 4.90 Å². The molecule has 1 heterocycles. The topological polar surface area (TPSA) is 39.7 Å². The molecular weight excluding hydrogens is 480 g/mol. The molecule has 1 aromatic rings. The molecule has 28 heavy (non-hydrogen) atoms. The van der Waals surface area contributed by atoms with Gasteiger partial charge in [-0.25, -0.2) is 4.99 Å². The molecule has 0 aromatic heterocycles. The Morgan fingerprint density at radius 2 is 1.79 bits per heavy atom. The maximum Gasteiger partial charge on any atom is 0.401 e. The fourth-order valence-corrected chi connectivity index (χ4v) is 3.29. The smallest absolute Gasteiger partial charge is 0.357 e. The lowest BCUT2D eigenvalue weighted by Gasteiger charge is -2.32. The molecule has 0 unspecified atom stereocenters. The van der Waals surface area contributed by atoms with Crippen LogP contribution in [0.25, 0.3) is 0 Å². The molecule has 0 aliphatic carbocycles. The summed E-state index contributed by atoms with van der Waals surface area (Å²) in [4.78, 5) is 6.12. The van der Waals surface area contributed by atoms with E-state index in [1.165, 1.54) is 10.5 Å². The van der Waals surface area contributed by atoms with E-state index < -0.39 is 12.7 Å². The first kappa shape index (κ1) is 25.0. The molecule has 1 aromatic carbocycles. The lowest BCUT2D eigenvalue weighted by Crippen LogP contribution is -2.41. The normalized spacial score (nSPS) is 16.5. The van der Waals surface area contributed by atoms with E-state index in [4.69, 9.17) is 0 Å². The van der Waals surface area contributed by atoms with E-state index in [9.17, 15) is 13.2 Å². The standard InChI is InChI=1S/C20H31F3N4.HI/c1-3-24-19(26-14-18-6-4-16(2)5-7-18)25-11-8-17-9-12-27(13-10-17)15-20(21,22)23;/h4-7,17H,3,8-15H2,1-2H3,(H2,24,25,26);1H. The van der Waals surface area contributed by atoms with Crippen LogP contribution in [0.15, 0.2) is 29.3 Å². The van der Waals surface area contributed by atoms with Crippen LogP contribution >= 0.6 is 24.0 Å². The van der Waals surface area contributed by atoms with Gasteiger partial charge in [0.05, 0.1) is 13.1 Å². The van der Waals surface area contributed by atoms with Crippen molar-refractivity contribution in [2.24, 2.45) is 10.9 Å². The van der Waals surface area contributed by atoms with Crippen LogP contribution in [0.5, 0.6) is 0 Å². The van der Waals surface area contributed by atoms with Crippen molar-refractivity contribution in [1.82, 2.24) is 15.5 Å². The van der Waals surface area contributed by atoms with E-state index in [-0.39, 0.29) is 24.0 Å². The number of likely N-dealkylation sites (tertiary alicyclic amines) is 1. The lowest BCUT2D eigenvalue weighted by molar-refractivity contribution is -0.148. The van der Waals surface area contributed by atoms with Crippen molar-refractivity contribution in [1.29, 1.82) is 0 Å². The van der Waals surface area contributed by atoms with E-state index in [2.05, 4.69) is 46.8 Å². The van der Waals surface area contributed by atoms with Gasteiger partial charge in [-0.2, -0.15) is 13.2 Å². The van der Waals surface area contributed by atoms with Crippen LogP contribution in [0.4, 0.5) is 13.2 Å². The van der Waals surface area contributed by atoms with E-state index in [0.717, 1.165) is 43.9 Å². The number of rotatable bonds is 7. The minimum atomic E-state index is -4.09. The Morgan fingerprint density at radius 3 is 2.36 bits per heavy atom. The number of benzene rings is 1. The average Bonchev–Trinajstić information content (AvgIpc) is 2.61. The molecule has 0 amide bonds. The van der Waals surface area contributed by atoms with E-state index in [1.807, 2.05) is 6.92 Å². The summed E-state index contributed by atoms with van der Waals surface area (Å²) in [6.07, 6.45) is -1.48. The molecule has 160 valence electrons. The summed E-state index contributed by atoms with van der Waals surface area (Å²) in [5, 5.41) is 6.58. The second kappa shape index (κ2) is 12.5. The molecule has 0 spiro atoms. The summed E-state index contributed by atoms with van der Waals surface area (Å²) in [7, 11) is 0. The first-order chi connectivity index (χ1) is 12.9. The van der Waals surface area contributed by atoms with Crippen LogP contribution in [0, 0.1) is 12.8 Å². The number of nitrogens with one attached hydrogen (secondary N) is 2. The minimum absolute atomic E-state index is 0. The summed E-state index contributed by atoms with van der Waals surface area (Å²) in [5.41, 5.74) is 2.39. The van der Waals surface area contributed by atoms with Crippen LogP contribution in [0.2, 0.25) is 0 Å². The van der Waals surface area contributed by atoms with Crippen LogP contribution in [0.3, 0.4) is 0 Å². The van der Waals surface area contributed by atoms with Gasteiger partial charge in [0.1, 0.15) is 0 Å². The minimum Gasteiger partial charge on any atom is -0.357 e. The summed E-state index contributed by atoms with van der Waals surface area (Å²) in [6.45, 7) is 6.56. The zero-order chi connectivity index (χ0) is 19.7.